The summed E-state index contributed by atoms with van der Waals surface area (Å²) in [6.45, 7) is 3.47. The zero-order chi connectivity index (χ0) is 41.4. The third-order valence-corrected chi connectivity index (χ3v) is 11.8. The van der Waals surface area contributed by atoms with Crippen molar-refractivity contribution in [1.29, 1.82) is 0 Å². The number of imidazole rings is 2. The number of nitrogens with one attached hydrogen (secondary N) is 1. The molecule has 0 radical (unpaired) electrons. The van der Waals surface area contributed by atoms with E-state index in [0.29, 0.717) is 48.5 Å². The molecule has 0 atom stereocenters. The van der Waals surface area contributed by atoms with Gasteiger partial charge in [0.2, 0.25) is 11.9 Å². The highest BCUT2D eigenvalue weighted by atomic mass is 79.9. The summed E-state index contributed by atoms with van der Waals surface area (Å²) >= 11 is 11.6. The number of halogens is 4. The molecule has 0 aliphatic heterocycles. The number of carboxylic acids is 2. The number of Topliss-reactive ketones (excluding diaryl/α,β-unsaturated/α-hetero) is 1. The van der Waals surface area contributed by atoms with Crippen LogP contribution in [0.1, 0.15) is 58.5 Å². The molecule has 8 aromatic rings. The van der Waals surface area contributed by atoms with E-state index in [1.165, 1.54) is 43.1 Å². The van der Waals surface area contributed by atoms with Gasteiger partial charge in [0.1, 0.15) is 16.9 Å². The average Bonchev–Trinajstić information content (AvgIpc) is 3.97. The molecule has 6 heterocycles. The summed E-state index contributed by atoms with van der Waals surface area (Å²) in [5, 5.41) is 25.6. The molecule has 0 aliphatic rings. The number of hydrogen-bond acceptors (Lipinski definition) is 8. The van der Waals surface area contributed by atoms with E-state index in [1.54, 1.807) is 98.1 Å². The van der Waals surface area contributed by atoms with Crippen LogP contribution in [0.25, 0.3) is 32.2 Å². The molecule has 8 rings (SSSR count). The molecule has 0 bridgehead atoms. The smallest absolute Gasteiger partial charge is 0.339 e. The maximum absolute atomic E-state index is 14.7. The third-order valence-electron chi connectivity index (χ3n) is 8.95. The summed E-state index contributed by atoms with van der Waals surface area (Å²) in [6, 6.07) is 22.4. The first-order valence-corrected chi connectivity index (χ1v) is 20.0. The van der Waals surface area contributed by atoms with E-state index in [-0.39, 0.29) is 28.9 Å². The SMILES string of the molecule is Cc1cccc2nc(C(=O)Nc3csc(-c4ccc(Br)cc4)c3C(=O)O)c(F)n12.Cc1cccn2c(F)c(C(=O)Cc3csc(-c4ccc(Cl)cc4)c3C(=O)O)nc12. The molecule has 17 heteroatoms. The lowest BCUT2D eigenvalue weighted by atomic mass is 10.0. The largest absolute Gasteiger partial charge is 0.478 e. The number of fused-ring (bicyclic) bond motifs is 2. The van der Waals surface area contributed by atoms with E-state index in [0.717, 1.165) is 10.0 Å². The topological polar surface area (TPSA) is 155 Å². The van der Waals surface area contributed by atoms with Gasteiger partial charge in [-0.05, 0) is 83.9 Å². The molecule has 3 N–H and O–H groups in total. The van der Waals surface area contributed by atoms with Gasteiger partial charge in [0.15, 0.2) is 17.2 Å². The molecule has 0 fully saturated rings. The van der Waals surface area contributed by atoms with Crippen LogP contribution in [-0.2, 0) is 6.42 Å². The highest BCUT2D eigenvalue weighted by molar-refractivity contribution is 9.10. The predicted molar refractivity (Wildman–Crippen MR) is 222 cm³/mol. The van der Waals surface area contributed by atoms with E-state index >= 15 is 0 Å². The van der Waals surface area contributed by atoms with Crippen LogP contribution in [0.2, 0.25) is 5.02 Å². The number of thiophene rings is 2. The molecular weight excluding hydrogens is 876 g/mol. The maximum Gasteiger partial charge on any atom is 0.339 e. The van der Waals surface area contributed by atoms with Gasteiger partial charge >= 0.3 is 11.9 Å². The predicted octanol–water partition coefficient (Wildman–Crippen LogP) is 10.5. The minimum atomic E-state index is -1.19. The number of carbonyl (C=O) groups is 4. The Labute approximate surface area is 349 Å². The van der Waals surface area contributed by atoms with Crippen molar-refractivity contribution in [3.05, 3.63) is 157 Å². The van der Waals surface area contributed by atoms with Crippen molar-refractivity contribution in [2.45, 2.75) is 20.3 Å². The highest BCUT2D eigenvalue weighted by Crippen LogP contribution is 2.37. The van der Waals surface area contributed by atoms with E-state index in [1.807, 2.05) is 0 Å². The molecule has 2 aromatic carbocycles. The molecule has 292 valence electrons. The van der Waals surface area contributed by atoms with Crippen LogP contribution in [0.3, 0.4) is 0 Å². The number of benzene rings is 2. The molecule has 0 saturated carbocycles. The Kier molecular flexibility index (Phi) is 11.4. The van der Waals surface area contributed by atoms with Gasteiger partial charge in [-0.3, -0.25) is 18.4 Å². The first-order chi connectivity index (χ1) is 27.7. The second kappa shape index (κ2) is 16.4. The number of anilines is 1. The molecule has 0 saturated heterocycles. The lowest BCUT2D eigenvalue weighted by molar-refractivity contribution is 0.0687. The number of pyridine rings is 2. The molecule has 11 nitrogen and oxygen atoms in total. The first-order valence-electron chi connectivity index (χ1n) is 17.0. The minimum Gasteiger partial charge on any atom is -0.478 e. The van der Waals surface area contributed by atoms with Gasteiger partial charge in [0, 0.05) is 38.1 Å². The maximum atomic E-state index is 14.7. The summed E-state index contributed by atoms with van der Waals surface area (Å²) in [4.78, 5) is 58.4. The summed E-state index contributed by atoms with van der Waals surface area (Å²) in [6.07, 6.45) is 1.24. The number of aromatic nitrogens is 4. The number of nitrogens with zero attached hydrogens (tertiary/aromatic N) is 4. The van der Waals surface area contributed by atoms with Crippen LogP contribution >= 0.6 is 50.2 Å². The van der Waals surface area contributed by atoms with Crippen LogP contribution < -0.4 is 5.32 Å². The highest BCUT2D eigenvalue weighted by Gasteiger charge is 2.27. The summed E-state index contributed by atoms with van der Waals surface area (Å²) in [5.41, 5.74) is 3.08. The molecule has 0 spiro atoms. The van der Waals surface area contributed by atoms with Crippen molar-refractivity contribution < 1.29 is 38.2 Å². The second-order valence-corrected chi connectivity index (χ2v) is 15.9. The van der Waals surface area contributed by atoms with Crippen molar-refractivity contribution in [3.63, 3.8) is 0 Å². The average molecular weight is 903 g/mol. The van der Waals surface area contributed by atoms with Gasteiger partial charge in [0.25, 0.3) is 5.91 Å². The van der Waals surface area contributed by atoms with Gasteiger partial charge < -0.3 is 15.5 Å². The second-order valence-electron chi connectivity index (χ2n) is 12.7. The molecule has 1 amide bonds. The van der Waals surface area contributed by atoms with Gasteiger partial charge in [-0.1, -0.05) is 63.9 Å². The Morgan fingerprint density at radius 3 is 2.07 bits per heavy atom. The zero-order valence-electron chi connectivity index (χ0n) is 30.1. The Morgan fingerprint density at radius 2 is 1.43 bits per heavy atom. The van der Waals surface area contributed by atoms with Gasteiger partial charge in [-0.15, -0.1) is 22.7 Å². The van der Waals surface area contributed by atoms with E-state index in [9.17, 15) is 38.2 Å². The molecule has 0 unspecified atom stereocenters. The van der Waals surface area contributed by atoms with Crippen LogP contribution in [0.5, 0.6) is 0 Å². The van der Waals surface area contributed by atoms with Crippen LogP contribution in [-0.4, -0.2) is 52.6 Å². The normalized spacial score (nSPS) is 11.1. The molecular formula is C41H27BrClF2N5O6S2. The summed E-state index contributed by atoms with van der Waals surface area (Å²) < 4.78 is 32.7. The standard InChI is InChI=1S/C21H14ClFN2O3S.C20H13BrFN3O3S/c1-11-3-2-8-25-19(23)17(24-20(11)25)15(26)9-13-10-29-18(16(13)21(27)28)12-4-6-14(22)7-5-12;1-10-3-2-4-14-24-16(18(22)25(10)14)19(26)23-13-9-29-17(15(13)20(27)28)11-5-7-12(21)8-6-11/h2-8,10H,9H2,1H3,(H,27,28);2-9H,1H3,(H,23,26)(H,27,28). The van der Waals surface area contributed by atoms with Crippen LogP contribution in [0.15, 0.2) is 100 Å². The van der Waals surface area contributed by atoms with Gasteiger partial charge in [0.05, 0.1) is 16.1 Å². The first kappa shape index (κ1) is 40.1. The monoisotopic (exact) mass is 901 g/mol. The Hall–Kier alpha value is -6.07. The van der Waals surface area contributed by atoms with Gasteiger partial charge in [-0.25, -0.2) is 19.6 Å². The van der Waals surface area contributed by atoms with E-state index in [2.05, 4.69) is 31.2 Å². The summed E-state index contributed by atoms with van der Waals surface area (Å²) in [7, 11) is 0. The minimum absolute atomic E-state index is 0.0334. The van der Waals surface area contributed by atoms with Crippen LogP contribution in [0, 0.1) is 25.7 Å². The number of carboxylic acid groups (broad SMARTS) is 2. The number of aromatic carboxylic acids is 2. The quantitative estimate of drug-likeness (QED) is 0.121. The number of aryl methyl sites for hydroxylation is 2. The third kappa shape index (κ3) is 7.78. The zero-order valence-corrected chi connectivity index (χ0v) is 34.1. The Bertz CT molecular complexity index is 2810. The lowest BCUT2D eigenvalue weighted by Gasteiger charge is -2.05. The Morgan fingerprint density at radius 1 is 0.793 bits per heavy atom. The number of ketones is 1. The van der Waals surface area contributed by atoms with Crippen molar-refractivity contribution in [2.24, 2.45) is 0 Å². The van der Waals surface area contributed by atoms with Crippen molar-refractivity contribution in [3.8, 4) is 20.9 Å². The lowest BCUT2D eigenvalue weighted by Crippen LogP contribution is -2.16. The van der Waals surface area contributed by atoms with E-state index in [4.69, 9.17) is 11.6 Å². The Balaban J connectivity index is 0.000000177. The fourth-order valence-electron chi connectivity index (χ4n) is 6.20. The van der Waals surface area contributed by atoms with E-state index < -0.39 is 41.2 Å². The van der Waals surface area contributed by atoms with Gasteiger partial charge in [-0.2, -0.15) is 8.78 Å². The fraction of sp³-hybridized carbons (Fsp3) is 0.0732. The van der Waals surface area contributed by atoms with Crippen LogP contribution in [0.4, 0.5) is 14.5 Å². The van der Waals surface area contributed by atoms with Crippen molar-refractivity contribution in [1.82, 2.24) is 18.8 Å². The molecule has 6 aromatic heterocycles. The molecule has 0 aliphatic carbocycles. The summed E-state index contributed by atoms with van der Waals surface area (Å²) in [5.74, 6) is -5.27. The number of hydrogen-bond donors (Lipinski definition) is 3. The fourth-order valence-corrected chi connectivity index (χ4v) is 8.66. The molecule has 58 heavy (non-hydrogen) atoms. The number of amides is 1. The number of rotatable bonds is 9. The number of carbonyl (C=O) groups excluding carboxylic acids is 2. The van der Waals surface area contributed by atoms with Crippen molar-refractivity contribution >= 4 is 90.8 Å². The van der Waals surface area contributed by atoms with Crippen molar-refractivity contribution in [2.75, 3.05) is 5.32 Å².